The van der Waals surface area contributed by atoms with Crippen LogP contribution in [0.3, 0.4) is 0 Å². The molecule has 3 rings (SSSR count). The highest BCUT2D eigenvalue weighted by Gasteiger charge is 2.25. The van der Waals surface area contributed by atoms with E-state index >= 15 is 0 Å². The summed E-state index contributed by atoms with van der Waals surface area (Å²) in [6, 6.07) is 6.04. The molecule has 116 valence electrons. The van der Waals surface area contributed by atoms with Gasteiger partial charge in [-0.1, -0.05) is 23.5 Å². The van der Waals surface area contributed by atoms with Gasteiger partial charge in [-0.3, -0.25) is 9.59 Å². The highest BCUT2D eigenvalue weighted by atomic mass is 32.1. The van der Waals surface area contributed by atoms with E-state index in [9.17, 15) is 14.0 Å². The second kappa shape index (κ2) is 6.37. The number of aromatic nitrogens is 2. The van der Waals surface area contributed by atoms with E-state index in [-0.39, 0.29) is 29.2 Å². The van der Waals surface area contributed by atoms with E-state index in [2.05, 4.69) is 5.10 Å². The predicted octanol–water partition coefficient (Wildman–Crippen LogP) is 1.04. The van der Waals surface area contributed by atoms with Gasteiger partial charge in [0.15, 0.2) is 0 Å². The van der Waals surface area contributed by atoms with Gasteiger partial charge in [0.05, 0.1) is 13.2 Å². The van der Waals surface area contributed by atoms with Crippen molar-refractivity contribution in [3.63, 3.8) is 0 Å². The minimum Gasteiger partial charge on any atom is -0.370 e. The SMILES string of the molecule is O=C(Cn1ncsc1=O)N1CCO[C@@H](c2ccc(F)cc2)C1. The number of morpholine rings is 1. The van der Waals surface area contributed by atoms with E-state index < -0.39 is 0 Å². The number of nitrogens with zero attached hydrogens (tertiary/aromatic N) is 3. The lowest BCUT2D eigenvalue weighted by molar-refractivity contribution is -0.139. The Bertz CT molecular complexity index is 713. The molecule has 6 nitrogen and oxygen atoms in total. The maximum absolute atomic E-state index is 13.0. The summed E-state index contributed by atoms with van der Waals surface area (Å²) in [5.41, 5.74) is 2.24. The van der Waals surface area contributed by atoms with Crippen LogP contribution in [0.15, 0.2) is 34.6 Å². The molecule has 2 aromatic rings. The molecule has 0 aliphatic carbocycles. The van der Waals surface area contributed by atoms with Crippen molar-refractivity contribution in [1.82, 2.24) is 14.7 Å². The summed E-state index contributed by atoms with van der Waals surface area (Å²) in [6.45, 7) is 1.18. The fourth-order valence-electron chi connectivity index (χ4n) is 2.32. The molecule has 1 aliphatic rings. The normalized spacial score (nSPS) is 18.4. The molecule has 0 saturated carbocycles. The quantitative estimate of drug-likeness (QED) is 0.847. The first-order valence-electron chi connectivity index (χ1n) is 6.79. The van der Waals surface area contributed by atoms with E-state index in [1.54, 1.807) is 17.0 Å². The summed E-state index contributed by atoms with van der Waals surface area (Å²) in [6.07, 6.45) is -0.287. The van der Waals surface area contributed by atoms with Gasteiger partial charge in [-0.2, -0.15) is 5.10 Å². The molecule has 2 heterocycles. The zero-order chi connectivity index (χ0) is 15.5. The van der Waals surface area contributed by atoms with E-state index in [1.165, 1.54) is 17.6 Å². The van der Waals surface area contributed by atoms with Gasteiger partial charge >= 0.3 is 4.87 Å². The van der Waals surface area contributed by atoms with Crippen molar-refractivity contribution in [2.24, 2.45) is 0 Å². The van der Waals surface area contributed by atoms with E-state index in [4.69, 9.17) is 4.74 Å². The van der Waals surface area contributed by atoms with Crippen molar-refractivity contribution < 1.29 is 13.9 Å². The summed E-state index contributed by atoms with van der Waals surface area (Å²) in [5.74, 6) is -0.487. The van der Waals surface area contributed by atoms with Gasteiger partial charge in [0, 0.05) is 6.54 Å². The molecule has 8 heteroatoms. The number of rotatable bonds is 3. The summed E-state index contributed by atoms with van der Waals surface area (Å²) in [7, 11) is 0. The predicted molar refractivity (Wildman–Crippen MR) is 78.0 cm³/mol. The van der Waals surface area contributed by atoms with Crippen LogP contribution >= 0.6 is 11.3 Å². The van der Waals surface area contributed by atoms with E-state index in [0.717, 1.165) is 21.6 Å². The lowest BCUT2D eigenvalue weighted by Crippen LogP contribution is -2.44. The molecule has 1 amide bonds. The van der Waals surface area contributed by atoms with Crippen LogP contribution < -0.4 is 4.87 Å². The molecule has 1 saturated heterocycles. The molecule has 0 N–H and O–H groups in total. The van der Waals surface area contributed by atoms with Crippen LogP contribution in [-0.2, 0) is 16.1 Å². The van der Waals surface area contributed by atoms with Crippen LogP contribution in [0.25, 0.3) is 0 Å². The van der Waals surface area contributed by atoms with Crippen LogP contribution in [0, 0.1) is 5.82 Å². The third kappa shape index (κ3) is 3.23. The third-order valence-electron chi connectivity index (χ3n) is 3.50. The first kappa shape index (κ1) is 14.9. The van der Waals surface area contributed by atoms with Crippen molar-refractivity contribution in [3.8, 4) is 0 Å². The lowest BCUT2D eigenvalue weighted by atomic mass is 10.1. The molecular weight excluding hydrogens is 309 g/mol. The van der Waals surface area contributed by atoms with Crippen molar-refractivity contribution in [3.05, 3.63) is 50.8 Å². The number of carbonyl (C=O) groups is 1. The number of amides is 1. The second-order valence-corrected chi connectivity index (χ2v) is 5.71. The summed E-state index contributed by atoms with van der Waals surface area (Å²) >= 11 is 0.957. The standard InChI is InChI=1S/C14H14FN3O3S/c15-11-3-1-10(2-4-11)12-7-17(5-6-21-12)13(19)8-18-14(20)22-9-16-18/h1-4,9,12H,5-8H2/t12-/m1/s1. The lowest BCUT2D eigenvalue weighted by Gasteiger charge is -2.33. The van der Waals surface area contributed by atoms with Crippen LogP contribution in [0.5, 0.6) is 0 Å². The van der Waals surface area contributed by atoms with Gasteiger partial charge in [-0.05, 0) is 17.7 Å². The average molecular weight is 323 g/mol. The molecule has 1 aromatic heterocycles. The Morgan fingerprint density at radius 2 is 2.18 bits per heavy atom. The topological polar surface area (TPSA) is 64.4 Å². The van der Waals surface area contributed by atoms with Gasteiger partial charge < -0.3 is 9.64 Å². The largest absolute Gasteiger partial charge is 0.370 e. The monoisotopic (exact) mass is 323 g/mol. The number of carbonyl (C=O) groups excluding carboxylic acids is 1. The maximum Gasteiger partial charge on any atom is 0.325 e. The molecule has 0 radical (unpaired) electrons. The zero-order valence-electron chi connectivity index (χ0n) is 11.6. The summed E-state index contributed by atoms with van der Waals surface area (Å²) < 4.78 is 19.8. The zero-order valence-corrected chi connectivity index (χ0v) is 12.5. The number of ether oxygens (including phenoxy) is 1. The van der Waals surface area contributed by atoms with Crippen LogP contribution in [0.1, 0.15) is 11.7 Å². The Morgan fingerprint density at radius 3 is 2.86 bits per heavy atom. The highest BCUT2D eigenvalue weighted by Crippen LogP contribution is 2.22. The second-order valence-electron chi connectivity index (χ2n) is 4.91. The smallest absolute Gasteiger partial charge is 0.325 e. The first-order valence-corrected chi connectivity index (χ1v) is 7.67. The molecule has 0 spiro atoms. The van der Waals surface area contributed by atoms with Crippen molar-refractivity contribution in [2.75, 3.05) is 19.7 Å². The third-order valence-corrected chi connectivity index (χ3v) is 4.11. The Hall–Kier alpha value is -2.06. The first-order chi connectivity index (χ1) is 10.6. The summed E-state index contributed by atoms with van der Waals surface area (Å²) in [4.78, 5) is 25.1. The Labute approximate surface area is 129 Å². The van der Waals surface area contributed by atoms with Crippen LogP contribution in [0.4, 0.5) is 4.39 Å². The average Bonchev–Trinajstić information content (AvgIpc) is 2.93. The number of halogens is 1. The molecule has 0 unspecified atom stereocenters. The Kier molecular flexibility index (Phi) is 4.30. The van der Waals surface area contributed by atoms with Crippen LogP contribution in [-0.4, -0.2) is 40.3 Å². The summed E-state index contributed by atoms with van der Waals surface area (Å²) in [5, 5.41) is 3.84. The number of hydrogen-bond donors (Lipinski definition) is 0. The molecule has 1 atom stereocenters. The fraction of sp³-hybridized carbons (Fsp3) is 0.357. The van der Waals surface area contributed by atoms with Crippen molar-refractivity contribution >= 4 is 17.2 Å². The van der Waals surface area contributed by atoms with Gasteiger partial charge in [0.1, 0.15) is 24.0 Å². The molecule has 1 aromatic carbocycles. The van der Waals surface area contributed by atoms with Crippen molar-refractivity contribution in [2.45, 2.75) is 12.6 Å². The molecule has 0 bridgehead atoms. The molecular formula is C14H14FN3O3S. The van der Waals surface area contributed by atoms with E-state index in [1.807, 2.05) is 0 Å². The Balaban J connectivity index is 1.67. The van der Waals surface area contributed by atoms with Crippen molar-refractivity contribution in [1.29, 1.82) is 0 Å². The highest BCUT2D eigenvalue weighted by molar-refractivity contribution is 7.06. The maximum atomic E-state index is 13.0. The van der Waals surface area contributed by atoms with Gasteiger partial charge in [0.2, 0.25) is 5.91 Å². The van der Waals surface area contributed by atoms with E-state index in [0.29, 0.717) is 19.7 Å². The Morgan fingerprint density at radius 1 is 1.41 bits per heavy atom. The molecule has 1 aliphatic heterocycles. The van der Waals surface area contributed by atoms with Gasteiger partial charge in [-0.15, -0.1) is 0 Å². The van der Waals surface area contributed by atoms with Gasteiger partial charge in [-0.25, -0.2) is 9.07 Å². The van der Waals surface area contributed by atoms with Gasteiger partial charge in [0.25, 0.3) is 0 Å². The van der Waals surface area contributed by atoms with Crippen LogP contribution in [0.2, 0.25) is 0 Å². The molecule has 1 fully saturated rings. The molecule has 22 heavy (non-hydrogen) atoms. The minimum absolute atomic E-state index is 0.0710. The number of benzene rings is 1. The minimum atomic E-state index is -0.310. The number of hydrogen-bond acceptors (Lipinski definition) is 5. The fourth-order valence-corrected chi connectivity index (χ4v) is 2.81.